The summed E-state index contributed by atoms with van der Waals surface area (Å²) in [6.45, 7) is 0. The van der Waals surface area contributed by atoms with Gasteiger partial charge in [0.25, 0.3) is 11.8 Å². The molecule has 1 unspecified atom stereocenters. The number of carboxylic acid groups (broad SMARTS) is 1. The van der Waals surface area contributed by atoms with Crippen molar-refractivity contribution in [2.75, 3.05) is 36.7 Å². The number of nitrogens with two attached hydrogens (primary N) is 1. The summed E-state index contributed by atoms with van der Waals surface area (Å²) in [5.41, 5.74) is 5.83. The topological polar surface area (TPSA) is 198 Å². The highest BCUT2D eigenvalue weighted by molar-refractivity contribution is 8.01. The first-order valence-electron chi connectivity index (χ1n) is 9.39. The van der Waals surface area contributed by atoms with E-state index in [1.165, 1.54) is 46.9 Å². The van der Waals surface area contributed by atoms with Crippen molar-refractivity contribution in [3.8, 4) is 0 Å². The number of oxime groups is 1. The molecule has 4 rings (SSSR count). The maximum absolute atomic E-state index is 12.9. The van der Waals surface area contributed by atoms with Gasteiger partial charge in [-0.05, 0) is 5.57 Å². The van der Waals surface area contributed by atoms with Crippen LogP contribution in [0, 0.1) is 0 Å². The second kappa shape index (κ2) is 10.1. The van der Waals surface area contributed by atoms with Gasteiger partial charge in [0.15, 0.2) is 9.47 Å². The van der Waals surface area contributed by atoms with Crippen LogP contribution in [0.5, 0.6) is 0 Å². The van der Waals surface area contributed by atoms with E-state index in [9.17, 15) is 19.5 Å². The van der Waals surface area contributed by atoms with E-state index >= 15 is 0 Å². The van der Waals surface area contributed by atoms with Crippen LogP contribution in [0.25, 0.3) is 0 Å². The molecule has 0 aromatic carbocycles. The number of hydrogen-bond acceptors (Lipinski definition) is 15. The van der Waals surface area contributed by atoms with Crippen molar-refractivity contribution in [3.63, 3.8) is 0 Å². The quantitative estimate of drug-likeness (QED) is 0.142. The summed E-state index contributed by atoms with van der Waals surface area (Å²) in [5, 5.41) is 27.1. The number of hydrogen-bond donors (Lipinski definition) is 4. The molecule has 0 spiro atoms. The van der Waals surface area contributed by atoms with E-state index in [-0.39, 0.29) is 22.4 Å². The van der Waals surface area contributed by atoms with Crippen LogP contribution < -0.4 is 16.4 Å². The van der Waals surface area contributed by atoms with Crippen molar-refractivity contribution >= 4 is 80.2 Å². The number of carboxylic acids is 1. The maximum Gasteiger partial charge on any atom is 0.352 e. The molecule has 0 radical (unpaired) electrons. The fourth-order valence-electron chi connectivity index (χ4n) is 3.13. The zero-order chi connectivity index (χ0) is 24.4. The summed E-state index contributed by atoms with van der Waals surface area (Å²) in [5.74, 6) is -1.82. The van der Waals surface area contributed by atoms with Crippen LogP contribution in [0.1, 0.15) is 5.82 Å². The lowest BCUT2D eigenvalue weighted by atomic mass is 10.0. The van der Waals surface area contributed by atoms with E-state index in [1.807, 2.05) is 0 Å². The Hall–Kier alpha value is -2.96. The Bertz CT molecular complexity index is 1200. The number of aliphatic carboxylic acids is 1. The highest BCUT2D eigenvalue weighted by atomic mass is 32.2. The molecule has 180 valence electrons. The van der Waals surface area contributed by atoms with Gasteiger partial charge in [0.1, 0.15) is 24.2 Å². The summed E-state index contributed by atoms with van der Waals surface area (Å²) >= 11 is 4.93. The molecular formula is C16H17N9O5S4. The number of nitrogen functional groups attached to an aromatic ring is 1. The first kappa shape index (κ1) is 24.2. The number of amides is 2. The van der Waals surface area contributed by atoms with Gasteiger partial charge in [-0.15, -0.1) is 22.0 Å². The highest BCUT2D eigenvalue weighted by Gasteiger charge is 2.54. The molecule has 5 N–H and O–H groups in total. The molecule has 2 amide bonds. The lowest BCUT2D eigenvalue weighted by molar-refractivity contribution is -0.150. The number of β-lactam (4-membered cyclic amide) rings is 1. The largest absolute Gasteiger partial charge is 0.477 e. The van der Waals surface area contributed by atoms with Crippen molar-refractivity contribution in [2.24, 2.45) is 5.16 Å². The van der Waals surface area contributed by atoms with Crippen LogP contribution in [0.2, 0.25) is 0 Å². The van der Waals surface area contributed by atoms with E-state index < -0.39 is 29.2 Å². The Morgan fingerprint density at radius 1 is 1.41 bits per heavy atom. The minimum atomic E-state index is -1.21. The van der Waals surface area contributed by atoms with Gasteiger partial charge in [-0.1, -0.05) is 28.3 Å². The molecule has 1 fully saturated rings. The molecule has 2 atom stereocenters. The Balaban J connectivity index is 1.48. The molecule has 2 aromatic rings. The first-order valence-corrected chi connectivity index (χ1v) is 13.0. The standard InChI is InChI=1S/C16H17N9O5S4/c1-18-15-21-22-16(33-15)32-4-5-3-31-12-7(11(27)25(12)8(5)13(28)29)19-10(26)6(23-30-2)9-20-14(17)34-24-9/h7,12H,3-4H2,1-2H3,(H,18,21)(H,19,26)(H,28,29)(H2,17,20,24)/b23-6+/t7?,12-/m1/s1. The van der Waals surface area contributed by atoms with Crippen LogP contribution >= 0.6 is 46.4 Å². The Labute approximate surface area is 208 Å². The van der Waals surface area contributed by atoms with Gasteiger partial charge in [0, 0.05) is 30.1 Å². The van der Waals surface area contributed by atoms with Gasteiger partial charge in [-0.2, -0.15) is 9.36 Å². The molecule has 2 aliphatic rings. The molecule has 4 heterocycles. The molecule has 0 aliphatic carbocycles. The van der Waals surface area contributed by atoms with E-state index in [1.54, 1.807) is 7.05 Å². The maximum atomic E-state index is 12.9. The van der Waals surface area contributed by atoms with Crippen molar-refractivity contribution in [1.29, 1.82) is 0 Å². The average molecular weight is 544 g/mol. The number of aromatic nitrogens is 4. The van der Waals surface area contributed by atoms with E-state index in [4.69, 9.17) is 10.6 Å². The molecule has 14 nitrogen and oxygen atoms in total. The second-order valence-electron chi connectivity index (χ2n) is 6.61. The molecule has 18 heteroatoms. The predicted octanol–water partition coefficient (Wildman–Crippen LogP) is -0.105. The summed E-state index contributed by atoms with van der Waals surface area (Å²) in [6, 6.07) is -0.944. The number of carbonyl (C=O) groups is 3. The third kappa shape index (κ3) is 4.65. The lowest BCUT2D eigenvalue weighted by Gasteiger charge is -2.49. The first-order chi connectivity index (χ1) is 16.3. The SMILES string of the molecule is CNc1nnc(SCC2=C(C(=O)O)N3C(=O)C(NC(=O)/C(=N/OC)c4nsc(N)n4)[C@H]3SC2)s1. The van der Waals surface area contributed by atoms with Crippen LogP contribution in [0.15, 0.2) is 20.8 Å². The lowest BCUT2D eigenvalue weighted by Crippen LogP contribution is -2.71. The minimum Gasteiger partial charge on any atom is -0.477 e. The number of fused-ring (bicyclic) bond motifs is 1. The normalized spacial score (nSPS) is 20.0. The molecule has 0 saturated carbocycles. The number of anilines is 2. The molecule has 0 bridgehead atoms. The highest BCUT2D eigenvalue weighted by Crippen LogP contribution is 2.42. The minimum absolute atomic E-state index is 0.0367. The molecule has 1 saturated heterocycles. The van der Waals surface area contributed by atoms with Crippen molar-refractivity contribution in [1.82, 2.24) is 29.8 Å². The fourth-order valence-corrected chi connectivity index (χ4v) is 6.75. The molecule has 2 aromatic heterocycles. The monoisotopic (exact) mass is 543 g/mol. The van der Waals surface area contributed by atoms with E-state index in [2.05, 4.69) is 35.3 Å². The average Bonchev–Trinajstić information content (AvgIpc) is 3.47. The smallest absolute Gasteiger partial charge is 0.352 e. The van der Waals surface area contributed by atoms with Crippen LogP contribution in [-0.4, -0.2) is 90.1 Å². The fraction of sp³-hybridized carbons (Fsp3) is 0.375. The molecular weight excluding hydrogens is 527 g/mol. The van der Waals surface area contributed by atoms with Gasteiger partial charge in [0.05, 0.1) is 0 Å². The van der Waals surface area contributed by atoms with Crippen LogP contribution in [0.4, 0.5) is 10.3 Å². The Kier molecular flexibility index (Phi) is 7.19. The van der Waals surface area contributed by atoms with E-state index in [0.717, 1.165) is 11.5 Å². The summed E-state index contributed by atoms with van der Waals surface area (Å²) in [4.78, 5) is 47.5. The molecule has 34 heavy (non-hydrogen) atoms. The Morgan fingerprint density at radius 2 is 2.21 bits per heavy atom. The van der Waals surface area contributed by atoms with E-state index in [0.29, 0.717) is 26.6 Å². The number of carbonyl (C=O) groups excluding carboxylic acids is 2. The zero-order valence-corrected chi connectivity index (χ0v) is 20.8. The van der Waals surface area contributed by atoms with Gasteiger partial charge in [-0.25, -0.2) is 4.79 Å². The van der Waals surface area contributed by atoms with Gasteiger partial charge >= 0.3 is 5.97 Å². The number of nitrogens with zero attached hydrogens (tertiary/aromatic N) is 6. The number of rotatable bonds is 9. The van der Waals surface area contributed by atoms with Crippen molar-refractivity contribution in [3.05, 3.63) is 17.1 Å². The third-order valence-electron chi connectivity index (χ3n) is 4.58. The number of nitrogens with one attached hydrogen (secondary N) is 2. The third-order valence-corrected chi connectivity index (χ3v) is 8.62. The van der Waals surface area contributed by atoms with Crippen LogP contribution in [0.3, 0.4) is 0 Å². The summed E-state index contributed by atoms with van der Waals surface area (Å²) in [6.07, 6.45) is 0. The Morgan fingerprint density at radius 3 is 2.82 bits per heavy atom. The van der Waals surface area contributed by atoms with Crippen molar-refractivity contribution in [2.45, 2.75) is 15.8 Å². The van der Waals surface area contributed by atoms with Gasteiger partial charge < -0.3 is 26.3 Å². The zero-order valence-electron chi connectivity index (χ0n) is 17.5. The van der Waals surface area contributed by atoms with Crippen molar-refractivity contribution < 1.29 is 24.3 Å². The van der Waals surface area contributed by atoms with Gasteiger partial charge in [0.2, 0.25) is 16.7 Å². The van der Waals surface area contributed by atoms with Crippen LogP contribution in [-0.2, 0) is 19.2 Å². The second-order valence-corrected chi connectivity index (χ2v) is 10.7. The summed E-state index contributed by atoms with van der Waals surface area (Å²) in [7, 11) is 2.98. The summed E-state index contributed by atoms with van der Waals surface area (Å²) < 4.78 is 4.61. The predicted molar refractivity (Wildman–Crippen MR) is 128 cm³/mol. The number of thioether (sulfide) groups is 2. The van der Waals surface area contributed by atoms with Gasteiger partial charge in [-0.3, -0.25) is 14.5 Å². The molecule has 2 aliphatic heterocycles.